The molecule has 0 spiro atoms. The van der Waals surface area contributed by atoms with E-state index in [2.05, 4.69) is 15.0 Å². The van der Waals surface area contributed by atoms with Crippen molar-refractivity contribution in [3.8, 4) is 5.75 Å². The van der Waals surface area contributed by atoms with Crippen LogP contribution in [-0.2, 0) is 4.74 Å². The third-order valence-electron chi connectivity index (χ3n) is 4.92. The van der Waals surface area contributed by atoms with Crippen LogP contribution in [0.2, 0.25) is 5.15 Å². The van der Waals surface area contributed by atoms with Crippen LogP contribution >= 0.6 is 11.6 Å². The van der Waals surface area contributed by atoms with Gasteiger partial charge in [0, 0.05) is 29.4 Å². The fourth-order valence-corrected chi connectivity index (χ4v) is 3.78. The maximum absolute atomic E-state index is 6.21. The zero-order chi connectivity index (χ0) is 18.2. The Hall–Kier alpha value is -2.70. The lowest BCUT2D eigenvalue weighted by molar-refractivity contribution is -0.0153. The molecule has 5 rings (SSSR count). The van der Waals surface area contributed by atoms with E-state index in [9.17, 15) is 0 Å². The molecule has 0 amide bonds. The molecule has 0 radical (unpaired) electrons. The highest BCUT2D eigenvalue weighted by atomic mass is 35.5. The van der Waals surface area contributed by atoms with E-state index in [-0.39, 0.29) is 12.3 Å². The van der Waals surface area contributed by atoms with Gasteiger partial charge in [0.15, 0.2) is 0 Å². The Balaban J connectivity index is 1.30. The Morgan fingerprint density at radius 2 is 2.11 bits per heavy atom. The van der Waals surface area contributed by atoms with Gasteiger partial charge in [-0.2, -0.15) is 0 Å². The summed E-state index contributed by atoms with van der Waals surface area (Å²) in [6.07, 6.45) is 8.84. The van der Waals surface area contributed by atoms with Crippen molar-refractivity contribution in [3.63, 3.8) is 0 Å². The molecule has 0 N–H and O–H groups in total. The predicted molar refractivity (Wildman–Crippen MR) is 103 cm³/mol. The molecule has 27 heavy (non-hydrogen) atoms. The first-order chi connectivity index (χ1) is 13.3. The van der Waals surface area contributed by atoms with Crippen molar-refractivity contribution in [1.82, 2.24) is 19.5 Å². The lowest BCUT2D eigenvalue weighted by Gasteiger charge is -2.17. The van der Waals surface area contributed by atoms with Crippen LogP contribution in [0.4, 0.5) is 0 Å². The summed E-state index contributed by atoms with van der Waals surface area (Å²) in [5.41, 5.74) is 0.795. The van der Waals surface area contributed by atoms with Crippen LogP contribution in [0.15, 0.2) is 55.2 Å². The predicted octanol–water partition coefficient (Wildman–Crippen LogP) is 4.39. The Morgan fingerprint density at radius 3 is 3.07 bits per heavy atom. The Morgan fingerprint density at radius 1 is 1.15 bits per heavy atom. The van der Waals surface area contributed by atoms with Gasteiger partial charge >= 0.3 is 0 Å². The van der Waals surface area contributed by atoms with E-state index in [1.807, 2.05) is 47.3 Å². The lowest BCUT2D eigenvalue weighted by Crippen LogP contribution is -2.18. The normalized spacial score (nSPS) is 19.7. The van der Waals surface area contributed by atoms with E-state index >= 15 is 0 Å². The van der Waals surface area contributed by atoms with Gasteiger partial charge < -0.3 is 14.0 Å². The average molecular weight is 381 g/mol. The molecule has 6 nitrogen and oxygen atoms in total. The van der Waals surface area contributed by atoms with E-state index in [4.69, 9.17) is 21.1 Å². The molecule has 0 bridgehead atoms. The number of hydrogen-bond donors (Lipinski definition) is 0. The third-order valence-corrected chi connectivity index (χ3v) is 5.22. The van der Waals surface area contributed by atoms with Gasteiger partial charge in [-0.05, 0) is 31.0 Å². The molecule has 4 aromatic rings. The second-order valence-electron chi connectivity index (χ2n) is 6.58. The molecule has 4 heterocycles. The minimum absolute atomic E-state index is 0.0295. The monoisotopic (exact) mass is 380 g/mol. The minimum Gasteiger partial charge on any atom is -0.490 e. The first kappa shape index (κ1) is 16.5. The number of aromatic nitrogens is 4. The molecule has 136 valence electrons. The van der Waals surface area contributed by atoms with Crippen molar-refractivity contribution in [2.24, 2.45) is 0 Å². The second kappa shape index (κ2) is 6.79. The maximum Gasteiger partial charge on any atom is 0.146 e. The van der Waals surface area contributed by atoms with Gasteiger partial charge in [0.1, 0.15) is 35.7 Å². The zero-order valence-electron chi connectivity index (χ0n) is 14.5. The summed E-state index contributed by atoms with van der Waals surface area (Å²) >= 11 is 6.14. The standard InChI is InChI=1S/C20H17ClN4O2/c21-19-16-7-9-25(20(16)24-12-23-19)18-5-4-14(27-18)11-26-17-3-1-2-13-10-22-8-6-15(13)17/h1-3,6-10,12,14,18H,4-5,11H2/t14-,18+/m0/s1. The minimum atomic E-state index is -0.0706. The van der Waals surface area contributed by atoms with E-state index in [1.165, 1.54) is 6.33 Å². The molecule has 7 heteroatoms. The summed E-state index contributed by atoms with van der Waals surface area (Å²) in [6, 6.07) is 9.88. The Kier molecular flexibility index (Phi) is 4.14. The molecule has 0 aliphatic carbocycles. The summed E-state index contributed by atoms with van der Waals surface area (Å²) in [5, 5.41) is 3.43. The average Bonchev–Trinajstić information content (AvgIpc) is 3.34. The Labute approximate surface area is 160 Å². The number of fused-ring (bicyclic) bond motifs is 2. The van der Waals surface area contributed by atoms with Gasteiger partial charge in [-0.3, -0.25) is 4.98 Å². The van der Waals surface area contributed by atoms with Gasteiger partial charge in [-0.15, -0.1) is 0 Å². The number of hydrogen-bond acceptors (Lipinski definition) is 5. The van der Waals surface area contributed by atoms with Crippen molar-refractivity contribution >= 4 is 33.4 Å². The van der Waals surface area contributed by atoms with Gasteiger partial charge in [-0.25, -0.2) is 9.97 Å². The summed E-state index contributed by atoms with van der Waals surface area (Å²) in [7, 11) is 0. The van der Waals surface area contributed by atoms with E-state index < -0.39 is 0 Å². The molecular formula is C20H17ClN4O2. The van der Waals surface area contributed by atoms with Crippen LogP contribution in [0.3, 0.4) is 0 Å². The number of ether oxygens (including phenoxy) is 2. The van der Waals surface area contributed by atoms with Crippen LogP contribution in [0, 0.1) is 0 Å². The zero-order valence-corrected chi connectivity index (χ0v) is 15.2. The third kappa shape index (κ3) is 3.01. The Bertz CT molecular complexity index is 1110. The van der Waals surface area contributed by atoms with Gasteiger partial charge in [0.2, 0.25) is 0 Å². The topological polar surface area (TPSA) is 62.1 Å². The lowest BCUT2D eigenvalue weighted by atomic mass is 10.1. The van der Waals surface area contributed by atoms with Crippen LogP contribution in [0.1, 0.15) is 19.1 Å². The van der Waals surface area contributed by atoms with Gasteiger partial charge in [-0.1, -0.05) is 23.7 Å². The second-order valence-corrected chi connectivity index (χ2v) is 6.94. The molecule has 0 unspecified atom stereocenters. The quantitative estimate of drug-likeness (QED) is 0.491. The number of pyridine rings is 1. The summed E-state index contributed by atoms with van der Waals surface area (Å²) in [4.78, 5) is 12.5. The highest BCUT2D eigenvalue weighted by molar-refractivity contribution is 6.33. The van der Waals surface area contributed by atoms with Crippen molar-refractivity contribution in [3.05, 3.63) is 60.4 Å². The van der Waals surface area contributed by atoms with Crippen molar-refractivity contribution in [2.75, 3.05) is 6.61 Å². The summed E-state index contributed by atoms with van der Waals surface area (Å²) in [5.74, 6) is 0.855. The first-order valence-electron chi connectivity index (χ1n) is 8.87. The largest absolute Gasteiger partial charge is 0.490 e. The molecule has 1 fully saturated rings. The fraction of sp³-hybridized carbons (Fsp3) is 0.250. The van der Waals surface area contributed by atoms with Crippen molar-refractivity contribution < 1.29 is 9.47 Å². The molecule has 1 aliphatic rings. The van der Waals surface area contributed by atoms with Crippen molar-refractivity contribution in [2.45, 2.75) is 25.2 Å². The van der Waals surface area contributed by atoms with Crippen molar-refractivity contribution in [1.29, 1.82) is 0 Å². The number of benzene rings is 1. The number of rotatable bonds is 4. The number of halogens is 1. The molecule has 3 aromatic heterocycles. The highest BCUT2D eigenvalue weighted by Gasteiger charge is 2.28. The van der Waals surface area contributed by atoms with E-state index in [1.54, 1.807) is 6.20 Å². The SMILES string of the molecule is Clc1ncnc2c1ccn2[C@H]1CC[C@@H](COc2cccc3cnccc23)O1. The molecule has 1 saturated heterocycles. The molecule has 1 aromatic carbocycles. The van der Waals surface area contributed by atoms with E-state index in [0.29, 0.717) is 11.8 Å². The highest BCUT2D eigenvalue weighted by Crippen LogP contribution is 2.33. The maximum atomic E-state index is 6.21. The van der Waals surface area contributed by atoms with Crippen LogP contribution in [0.25, 0.3) is 21.8 Å². The summed E-state index contributed by atoms with van der Waals surface area (Å²) < 4.78 is 14.3. The molecular weight excluding hydrogens is 364 g/mol. The number of nitrogens with zero attached hydrogens (tertiary/aromatic N) is 4. The molecule has 2 atom stereocenters. The summed E-state index contributed by atoms with van der Waals surface area (Å²) in [6.45, 7) is 0.507. The van der Waals surface area contributed by atoms with Gasteiger partial charge in [0.25, 0.3) is 0 Å². The van der Waals surface area contributed by atoms with Gasteiger partial charge in [0.05, 0.1) is 11.5 Å². The van der Waals surface area contributed by atoms with Crippen LogP contribution in [0.5, 0.6) is 5.75 Å². The van der Waals surface area contributed by atoms with Crippen LogP contribution < -0.4 is 4.74 Å². The molecule has 1 aliphatic heterocycles. The van der Waals surface area contributed by atoms with Crippen LogP contribution in [-0.4, -0.2) is 32.2 Å². The smallest absolute Gasteiger partial charge is 0.146 e. The molecule has 0 saturated carbocycles. The fourth-order valence-electron chi connectivity index (χ4n) is 3.59. The first-order valence-corrected chi connectivity index (χ1v) is 9.25. The van der Waals surface area contributed by atoms with E-state index in [0.717, 1.165) is 40.4 Å².